The molecule has 22 heavy (non-hydrogen) atoms. The Balaban J connectivity index is 2.25. The third kappa shape index (κ3) is 3.46. The molecule has 0 saturated heterocycles. The monoisotopic (exact) mass is 323 g/mol. The lowest BCUT2D eigenvalue weighted by Gasteiger charge is -2.10. The Morgan fingerprint density at radius 2 is 2.27 bits per heavy atom. The quantitative estimate of drug-likeness (QED) is 0.715. The Kier molecular flexibility index (Phi) is 5.18. The van der Waals surface area contributed by atoms with Crippen molar-refractivity contribution >= 4 is 40.9 Å². The molecule has 2 aromatic heterocycles. The molecule has 8 nitrogen and oxygen atoms in total. The summed E-state index contributed by atoms with van der Waals surface area (Å²) in [5, 5.41) is 10.4. The van der Waals surface area contributed by atoms with Gasteiger partial charge in [0.1, 0.15) is 11.6 Å². The molecule has 0 amide bonds. The molecule has 0 bridgehead atoms. The molecular weight excluding hydrogens is 306 g/mol. The predicted molar refractivity (Wildman–Crippen MR) is 88.5 cm³/mol. The van der Waals surface area contributed by atoms with Crippen molar-refractivity contribution in [3.05, 3.63) is 23.5 Å². The van der Waals surface area contributed by atoms with E-state index in [1.54, 1.807) is 31.1 Å². The molecule has 2 aromatic rings. The Hall–Kier alpha value is -2.32. The first kappa shape index (κ1) is 16.1. The van der Waals surface area contributed by atoms with E-state index >= 15 is 0 Å². The number of hydrogen-bond donors (Lipinski definition) is 3. The van der Waals surface area contributed by atoms with Crippen LogP contribution in [0, 0.1) is 0 Å². The van der Waals surface area contributed by atoms with Gasteiger partial charge < -0.3 is 21.1 Å². The second-order valence-corrected chi connectivity index (χ2v) is 4.72. The number of ether oxygens (including phenoxy) is 1. The largest absolute Gasteiger partial charge is 0.383 e. The second kappa shape index (κ2) is 7.10. The lowest BCUT2D eigenvalue weighted by Crippen LogP contribution is -2.07. The van der Waals surface area contributed by atoms with E-state index < -0.39 is 0 Å². The van der Waals surface area contributed by atoms with Gasteiger partial charge in [0.25, 0.3) is 0 Å². The number of nitrogens with one attached hydrogen (secondary N) is 2. The number of methoxy groups -OCH3 is 1. The minimum atomic E-state index is 0.317. The van der Waals surface area contributed by atoms with Gasteiger partial charge in [-0.15, -0.1) is 0 Å². The summed E-state index contributed by atoms with van der Waals surface area (Å²) in [5.41, 5.74) is 7.13. The van der Waals surface area contributed by atoms with E-state index in [4.69, 9.17) is 22.1 Å². The van der Waals surface area contributed by atoms with E-state index in [1.807, 2.05) is 0 Å². The van der Waals surface area contributed by atoms with Crippen LogP contribution >= 0.6 is 11.6 Å². The molecule has 0 saturated carbocycles. The lowest BCUT2D eigenvalue weighted by atomic mass is 10.3. The molecule has 0 aliphatic rings. The molecule has 0 fully saturated rings. The number of aromatic nitrogens is 4. The number of rotatable bonds is 7. The average Bonchev–Trinajstić information content (AvgIpc) is 2.84. The van der Waals surface area contributed by atoms with Crippen LogP contribution in [0.25, 0.3) is 6.08 Å². The van der Waals surface area contributed by atoms with Gasteiger partial charge in [-0.1, -0.05) is 24.3 Å². The fourth-order valence-electron chi connectivity index (χ4n) is 1.84. The fourth-order valence-corrected chi connectivity index (χ4v) is 2.03. The van der Waals surface area contributed by atoms with Crippen molar-refractivity contribution < 1.29 is 4.74 Å². The number of anilines is 4. The molecule has 0 aliphatic carbocycles. The Morgan fingerprint density at radius 1 is 1.50 bits per heavy atom. The zero-order valence-electron chi connectivity index (χ0n) is 12.4. The summed E-state index contributed by atoms with van der Waals surface area (Å²) in [4.78, 5) is 8.51. The smallest absolute Gasteiger partial charge is 0.231 e. The van der Waals surface area contributed by atoms with Gasteiger partial charge in [-0.3, -0.25) is 4.68 Å². The standard InChI is InChI=1S/C13H18ClN7O/c1-4-8-11(15)18-13(19-12(8)16-2)17-9-7-21(5-6-22-3)20-10(9)14/h4,7H,1,5-6H2,2-3H3,(H4,15,16,17,18,19). The summed E-state index contributed by atoms with van der Waals surface area (Å²) in [7, 11) is 3.37. The van der Waals surface area contributed by atoms with Crippen molar-refractivity contribution in [1.82, 2.24) is 19.7 Å². The van der Waals surface area contributed by atoms with Gasteiger partial charge in [0.05, 0.1) is 30.6 Å². The molecule has 0 aliphatic heterocycles. The predicted octanol–water partition coefficient (Wildman–Crippen LogP) is 1.98. The molecule has 2 heterocycles. The summed E-state index contributed by atoms with van der Waals surface area (Å²) in [6, 6.07) is 0. The van der Waals surface area contributed by atoms with Gasteiger partial charge in [0.2, 0.25) is 5.95 Å². The van der Waals surface area contributed by atoms with Gasteiger partial charge in [0.15, 0.2) is 5.15 Å². The van der Waals surface area contributed by atoms with Crippen LogP contribution in [0.5, 0.6) is 0 Å². The zero-order valence-corrected chi connectivity index (χ0v) is 13.2. The fraction of sp³-hybridized carbons (Fsp3) is 0.308. The lowest BCUT2D eigenvalue weighted by molar-refractivity contribution is 0.183. The van der Waals surface area contributed by atoms with Crippen LogP contribution in [-0.2, 0) is 11.3 Å². The number of hydrogen-bond acceptors (Lipinski definition) is 7. The van der Waals surface area contributed by atoms with E-state index in [0.717, 1.165) is 0 Å². The molecule has 2 rings (SSSR count). The maximum atomic E-state index is 6.09. The molecule has 0 spiro atoms. The van der Waals surface area contributed by atoms with Crippen molar-refractivity contribution in [2.24, 2.45) is 0 Å². The molecule has 0 radical (unpaired) electrons. The average molecular weight is 324 g/mol. The van der Waals surface area contributed by atoms with Crippen molar-refractivity contribution in [2.45, 2.75) is 6.54 Å². The minimum absolute atomic E-state index is 0.317. The number of nitrogens with two attached hydrogens (primary N) is 1. The van der Waals surface area contributed by atoms with Crippen molar-refractivity contribution in [3.8, 4) is 0 Å². The van der Waals surface area contributed by atoms with Crippen LogP contribution in [0.2, 0.25) is 5.15 Å². The normalized spacial score (nSPS) is 10.5. The molecular formula is C13H18ClN7O. The van der Waals surface area contributed by atoms with Gasteiger partial charge in [-0.2, -0.15) is 15.1 Å². The van der Waals surface area contributed by atoms with Crippen molar-refractivity contribution in [2.75, 3.05) is 37.1 Å². The van der Waals surface area contributed by atoms with Crippen LogP contribution in [0.4, 0.5) is 23.3 Å². The van der Waals surface area contributed by atoms with Crippen LogP contribution in [0.1, 0.15) is 5.56 Å². The van der Waals surface area contributed by atoms with Gasteiger partial charge in [-0.25, -0.2) is 0 Å². The van der Waals surface area contributed by atoms with Gasteiger partial charge >= 0.3 is 0 Å². The summed E-state index contributed by atoms with van der Waals surface area (Å²) in [5.74, 6) is 1.22. The number of nitrogens with zero attached hydrogens (tertiary/aromatic N) is 4. The minimum Gasteiger partial charge on any atom is -0.383 e. The summed E-state index contributed by atoms with van der Waals surface area (Å²) in [6.07, 6.45) is 3.35. The highest BCUT2D eigenvalue weighted by Gasteiger charge is 2.12. The molecule has 0 aromatic carbocycles. The maximum absolute atomic E-state index is 6.09. The molecule has 4 N–H and O–H groups in total. The Labute approximate surface area is 133 Å². The van der Waals surface area contributed by atoms with E-state index in [0.29, 0.717) is 47.1 Å². The second-order valence-electron chi connectivity index (χ2n) is 4.36. The van der Waals surface area contributed by atoms with Crippen molar-refractivity contribution in [3.63, 3.8) is 0 Å². The summed E-state index contributed by atoms with van der Waals surface area (Å²) in [6.45, 7) is 4.83. The summed E-state index contributed by atoms with van der Waals surface area (Å²) >= 11 is 6.09. The summed E-state index contributed by atoms with van der Waals surface area (Å²) < 4.78 is 6.68. The highest BCUT2D eigenvalue weighted by atomic mass is 35.5. The topological polar surface area (TPSA) is 103 Å². The van der Waals surface area contributed by atoms with E-state index in [1.165, 1.54) is 0 Å². The van der Waals surface area contributed by atoms with E-state index in [-0.39, 0.29) is 0 Å². The highest BCUT2D eigenvalue weighted by molar-refractivity contribution is 6.32. The van der Waals surface area contributed by atoms with Crippen LogP contribution in [0.15, 0.2) is 12.8 Å². The first-order chi connectivity index (χ1) is 10.6. The zero-order chi connectivity index (χ0) is 16.1. The highest BCUT2D eigenvalue weighted by Crippen LogP contribution is 2.26. The third-order valence-electron chi connectivity index (χ3n) is 2.90. The molecule has 9 heteroatoms. The number of halogens is 1. The first-order valence-corrected chi connectivity index (χ1v) is 6.93. The molecule has 0 atom stereocenters. The third-order valence-corrected chi connectivity index (χ3v) is 3.18. The van der Waals surface area contributed by atoms with E-state index in [2.05, 4.69) is 32.3 Å². The van der Waals surface area contributed by atoms with Gasteiger partial charge in [-0.05, 0) is 0 Å². The maximum Gasteiger partial charge on any atom is 0.231 e. The first-order valence-electron chi connectivity index (χ1n) is 6.55. The van der Waals surface area contributed by atoms with E-state index in [9.17, 15) is 0 Å². The molecule has 118 valence electrons. The van der Waals surface area contributed by atoms with Crippen molar-refractivity contribution in [1.29, 1.82) is 0 Å². The Morgan fingerprint density at radius 3 is 2.91 bits per heavy atom. The number of nitrogen functional groups attached to an aromatic ring is 1. The van der Waals surface area contributed by atoms with Gasteiger partial charge in [0, 0.05) is 14.2 Å². The van der Waals surface area contributed by atoms with Crippen LogP contribution < -0.4 is 16.4 Å². The van der Waals surface area contributed by atoms with Crippen LogP contribution in [-0.4, -0.2) is 40.5 Å². The SMILES string of the molecule is C=Cc1c(N)nc(Nc2cn(CCOC)nc2Cl)nc1NC. The van der Waals surface area contributed by atoms with Crippen LogP contribution in [0.3, 0.4) is 0 Å². The Bertz CT molecular complexity index is 671. The molecule has 0 unspecified atom stereocenters.